The molecule has 226 valence electrons. The predicted octanol–water partition coefficient (Wildman–Crippen LogP) is 9.23. The highest BCUT2D eigenvalue weighted by molar-refractivity contribution is 6.30. The van der Waals surface area contributed by atoms with Crippen LogP contribution in [0.5, 0.6) is 5.75 Å². The molecule has 1 aliphatic rings. The largest absolute Gasteiger partial charge is 0.497 e. The average molecular weight is 624 g/mol. The van der Waals surface area contributed by atoms with Crippen LogP contribution in [0.15, 0.2) is 145 Å². The molecule has 0 radical (unpaired) electrons. The van der Waals surface area contributed by atoms with Crippen molar-refractivity contribution < 1.29 is 14.4 Å². The molecule has 2 heterocycles. The van der Waals surface area contributed by atoms with E-state index in [0.29, 0.717) is 33.4 Å². The molecule has 0 saturated heterocycles. The average Bonchev–Trinajstić information content (AvgIpc) is 3.69. The second-order valence-corrected chi connectivity index (χ2v) is 11.7. The van der Waals surface area contributed by atoms with Gasteiger partial charge in [-0.3, -0.25) is 4.79 Å². The molecular formula is C39H30ClN3O3. The lowest BCUT2D eigenvalue weighted by atomic mass is 9.69. The maximum Gasteiger partial charge on any atom is 0.183 e. The van der Waals surface area contributed by atoms with Crippen molar-refractivity contribution in [1.82, 2.24) is 9.78 Å². The zero-order valence-corrected chi connectivity index (χ0v) is 26.1. The normalized spacial score (nSPS) is 17.3. The molecule has 1 aromatic heterocycles. The number of carbonyl (C=O) groups is 1. The number of oxime groups is 1. The summed E-state index contributed by atoms with van der Waals surface area (Å²) in [7, 11) is 1.62. The van der Waals surface area contributed by atoms with Crippen LogP contribution in [0.3, 0.4) is 0 Å². The Morgan fingerprint density at radius 2 is 1.35 bits per heavy atom. The van der Waals surface area contributed by atoms with Crippen molar-refractivity contribution in [3.05, 3.63) is 161 Å². The van der Waals surface area contributed by atoms with Gasteiger partial charge in [0.1, 0.15) is 22.6 Å². The van der Waals surface area contributed by atoms with Gasteiger partial charge in [-0.2, -0.15) is 5.10 Å². The lowest BCUT2D eigenvalue weighted by molar-refractivity contribution is 0.0280. The maximum atomic E-state index is 15.7. The van der Waals surface area contributed by atoms with E-state index in [1.807, 2.05) is 151 Å². The first-order valence-electron chi connectivity index (χ1n) is 15.0. The number of carbonyl (C=O) groups excluding carboxylic acids is 1. The standard InChI is InChI=1S/C39H30ClN3O3/c1-39(36(28-20-24-32(45-2)25-21-28)42-46-38(39)29-14-8-4-9-15-29)37(44)33-34(26-18-22-30(40)23-19-26)41-43(31-16-10-5-11-17-31)35(33)27-12-6-3-7-13-27/h3-25,38H,1-2H3. The smallest absolute Gasteiger partial charge is 0.183 e. The zero-order valence-electron chi connectivity index (χ0n) is 25.3. The molecule has 46 heavy (non-hydrogen) atoms. The first kappa shape index (κ1) is 29.3. The van der Waals surface area contributed by atoms with Crippen molar-refractivity contribution in [2.45, 2.75) is 13.0 Å². The molecule has 7 heteroatoms. The molecule has 5 aromatic carbocycles. The fourth-order valence-corrected chi connectivity index (χ4v) is 6.23. The molecule has 1 aliphatic heterocycles. The Bertz CT molecular complexity index is 2020. The molecule has 0 amide bonds. The summed E-state index contributed by atoms with van der Waals surface area (Å²) in [5, 5.41) is 10.4. The summed E-state index contributed by atoms with van der Waals surface area (Å²) in [5.41, 5.74) is 5.02. The van der Waals surface area contributed by atoms with E-state index in [2.05, 4.69) is 5.16 Å². The predicted molar refractivity (Wildman–Crippen MR) is 182 cm³/mol. The van der Waals surface area contributed by atoms with E-state index in [9.17, 15) is 0 Å². The molecule has 0 bridgehead atoms. The van der Waals surface area contributed by atoms with E-state index in [1.165, 1.54) is 0 Å². The molecule has 0 fully saturated rings. The minimum absolute atomic E-state index is 0.167. The molecule has 2 atom stereocenters. The Morgan fingerprint density at radius 3 is 1.98 bits per heavy atom. The topological polar surface area (TPSA) is 65.7 Å². The molecule has 6 aromatic rings. The van der Waals surface area contributed by atoms with Crippen molar-refractivity contribution >= 4 is 23.1 Å². The van der Waals surface area contributed by atoms with E-state index in [1.54, 1.807) is 7.11 Å². The number of para-hydroxylation sites is 1. The van der Waals surface area contributed by atoms with Crippen molar-refractivity contribution in [2.24, 2.45) is 10.6 Å². The van der Waals surface area contributed by atoms with Crippen LogP contribution in [0.25, 0.3) is 28.2 Å². The number of hydrogen-bond donors (Lipinski definition) is 0. The third-order valence-electron chi connectivity index (χ3n) is 8.48. The molecule has 0 N–H and O–H groups in total. The summed E-state index contributed by atoms with van der Waals surface area (Å²) in [5.74, 6) is 0.538. The summed E-state index contributed by atoms with van der Waals surface area (Å²) >= 11 is 6.32. The summed E-state index contributed by atoms with van der Waals surface area (Å²) in [4.78, 5) is 21.9. The van der Waals surface area contributed by atoms with Gasteiger partial charge >= 0.3 is 0 Å². The van der Waals surface area contributed by atoms with Gasteiger partial charge in [-0.25, -0.2) is 4.68 Å². The van der Waals surface area contributed by atoms with E-state index in [-0.39, 0.29) is 5.78 Å². The third-order valence-corrected chi connectivity index (χ3v) is 8.73. The van der Waals surface area contributed by atoms with Crippen LogP contribution in [0.2, 0.25) is 5.02 Å². The van der Waals surface area contributed by atoms with Gasteiger partial charge in [0.05, 0.1) is 24.1 Å². The molecule has 0 spiro atoms. The Balaban J connectivity index is 1.52. The molecule has 6 nitrogen and oxygen atoms in total. The quantitative estimate of drug-likeness (QED) is 0.159. The number of methoxy groups -OCH3 is 1. The van der Waals surface area contributed by atoms with Gasteiger partial charge in [0.2, 0.25) is 0 Å². The summed E-state index contributed by atoms with van der Waals surface area (Å²) in [6, 6.07) is 44.4. The van der Waals surface area contributed by atoms with E-state index >= 15 is 4.79 Å². The van der Waals surface area contributed by atoms with E-state index in [0.717, 1.165) is 27.9 Å². The van der Waals surface area contributed by atoms with Gasteiger partial charge in [0.25, 0.3) is 0 Å². The molecule has 0 saturated carbocycles. The molecule has 0 aliphatic carbocycles. The number of ether oxygens (including phenoxy) is 1. The zero-order chi connectivity index (χ0) is 31.7. The number of benzene rings is 5. The number of halogens is 1. The van der Waals surface area contributed by atoms with Crippen LogP contribution in [0.4, 0.5) is 0 Å². The fourth-order valence-electron chi connectivity index (χ4n) is 6.10. The Kier molecular flexibility index (Phi) is 7.73. The lowest BCUT2D eigenvalue weighted by Gasteiger charge is -2.30. The number of ketones is 1. The minimum atomic E-state index is -1.24. The minimum Gasteiger partial charge on any atom is -0.497 e. The van der Waals surface area contributed by atoms with Gasteiger partial charge in [-0.05, 0) is 61.0 Å². The van der Waals surface area contributed by atoms with Crippen LogP contribution in [-0.2, 0) is 4.84 Å². The molecule has 2 unspecified atom stereocenters. The summed E-state index contributed by atoms with van der Waals surface area (Å²) in [6.45, 7) is 1.92. The van der Waals surface area contributed by atoms with E-state index < -0.39 is 11.5 Å². The second kappa shape index (κ2) is 12.1. The first-order valence-corrected chi connectivity index (χ1v) is 15.3. The number of Topliss-reactive ketones (excluding diaryl/α,β-unsaturated/α-hetero) is 1. The number of aromatic nitrogens is 2. The number of hydrogen-bond acceptors (Lipinski definition) is 5. The summed E-state index contributed by atoms with van der Waals surface area (Å²) in [6.07, 6.45) is -0.694. The SMILES string of the molecule is COc1ccc(C2=NOC(c3ccccc3)C2(C)C(=O)c2c(-c3ccc(Cl)cc3)nn(-c3ccccc3)c2-c2ccccc2)cc1. The Morgan fingerprint density at radius 1 is 0.761 bits per heavy atom. The Labute approximate surface area is 272 Å². The van der Waals surface area contributed by atoms with Gasteiger partial charge < -0.3 is 9.57 Å². The molecule has 7 rings (SSSR count). The van der Waals surface area contributed by atoms with Gasteiger partial charge in [0, 0.05) is 21.7 Å². The highest BCUT2D eigenvalue weighted by atomic mass is 35.5. The highest BCUT2D eigenvalue weighted by Crippen LogP contribution is 2.50. The van der Waals surface area contributed by atoms with Crippen molar-refractivity contribution in [1.29, 1.82) is 0 Å². The van der Waals surface area contributed by atoms with Crippen LogP contribution in [0, 0.1) is 5.41 Å². The number of nitrogens with zero attached hydrogens (tertiary/aromatic N) is 3. The van der Waals surface area contributed by atoms with Crippen LogP contribution < -0.4 is 4.74 Å². The van der Waals surface area contributed by atoms with Gasteiger partial charge in [-0.15, -0.1) is 0 Å². The highest BCUT2D eigenvalue weighted by Gasteiger charge is 2.55. The molecular weight excluding hydrogens is 594 g/mol. The van der Waals surface area contributed by atoms with Crippen LogP contribution >= 0.6 is 11.6 Å². The number of rotatable bonds is 8. The second-order valence-electron chi connectivity index (χ2n) is 11.3. The van der Waals surface area contributed by atoms with Crippen molar-refractivity contribution in [3.8, 4) is 34.0 Å². The lowest BCUT2D eigenvalue weighted by Crippen LogP contribution is -2.40. The Hall–Kier alpha value is -5.46. The first-order chi connectivity index (χ1) is 22.5. The van der Waals surface area contributed by atoms with Gasteiger partial charge in [0.15, 0.2) is 11.9 Å². The maximum absolute atomic E-state index is 15.7. The van der Waals surface area contributed by atoms with Crippen molar-refractivity contribution in [2.75, 3.05) is 7.11 Å². The van der Waals surface area contributed by atoms with Crippen LogP contribution in [-0.4, -0.2) is 28.4 Å². The van der Waals surface area contributed by atoms with Crippen molar-refractivity contribution in [3.63, 3.8) is 0 Å². The van der Waals surface area contributed by atoms with E-state index in [4.69, 9.17) is 26.3 Å². The third kappa shape index (κ3) is 5.07. The fraction of sp³-hybridized carbons (Fsp3) is 0.103. The van der Waals surface area contributed by atoms with Gasteiger partial charge in [-0.1, -0.05) is 108 Å². The summed E-state index contributed by atoms with van der Waals surface area (Å²) < 4.78 is 7.27. The van der Waals surface area contributed by atoms with Crippen LogP contribution in [0.1, 0.15) is 34.5 Å². The monoisotopic (exact) mass is 623 g/mol.